The van der Waals surface area contributed by atoms with Crippen molar-refractivity contribution in [2.75, 3.05) is 11.9 Å². The molecule has 0 unspecified atom stereocenters. The van der Waals surface area contributed by atoms with Crippen molar-refractivity contribution in [2.45, 2.75) is 27.2 Å². The number of hydrogen-bond acceptors (Lipinski definition) is 3. The SMILES string of the molecule is Cc1ccc(CCNc2cc(C)nc3c(-c4ccc(Cl)cc4)c(C)nn23)cc1. The van der Waals surface area contributed by atoms with Crippen LogP contribution in [0.25, 0.3) is 16.8 Å². The molecule has 0 saturated carbocycles. The Hall–Kier alpha value is -2.85. The summed E-state index contributed by atoms with van der Waals surface area (Å²) in [7, 11) is 0. The van der Waals surface area contributed by atoms with E-state index in [-0.39, 0.29) is 0 Å². The number of hydrogen-bond donors (Lipinski definition) is 1. The van der Waals surface area contributed by atoms with E-state index in [1.165, 1.54) is 11.1 Å². The Kier molecular flexibility index (Phi) is 5.05. The van der Waals surface area contributed by atoms with Crippen LogP contribution in [0.15, 0.2) is 54.6 Å². The third kappa shape index (κ3) is 3.73. The molecule has 142 valence electrons. The van der Waals surface area contributed by atoms with Crippen molar-refractivity contribution in [2.24, 2.45) is 0 Å². The van der Waals surface area contributed by atoms with Crippen molar-refractivity contribution in [1.29, 1.82) is 0 Å². The molecule has 0 aliphatic carbocycles. The third-order valence-corrected chi connectivity index (χ3v) is 5.12. The zero-order valence-electron chi connectivity index (χ0n) is 16.3. The van der Waals surface area contributed by atoms with Crippen LogP contribution in [0, 0.1) is 20.8 Å². The molecule has 0 radical (unpaired) electrons. The number of halogens is 1. The lowest BCUT2D eigenvalue weighted by molar-refractivity contribution is 0.892. The maximum atomic E-state index is 6.05. The standard InChI is InChI=1S/C23H23ClN4/c1-15-4-6-18(7-5-15)12-13-25-21-14-16(2)26-23-22(17(3)27-28(21)23)19-8-10-20(24)11-9-19/h4-11,14,25H,12-13H2,1-3H3. The van der Waals surface area contributed by atoms with E-state index in [1.54, 1.807) is 0 Å². The molecule has 2 aromatic carbocycles. The smallest absolute Gasteiger partial charge is 0.165 e. The molecule has 2 aromatic heterocycles. The minimum atomic E-state index is 0.723. The van der Waals surface area contributed by atoms with Crippen molar-refractivity contribution in [3.63, 3.8) is 0 Å². The first-order valence-corrected chi connectivity index (χ1v) is 9.81. The van der Waals surface area contributed by atoms with Gasteiger partial charge in [0.25, 0.3) is 0 Å². The maximum absolute atomic E-state index is 6.05. The van der Waals surface area contributed by atoms with Crippen molar-refractivity contribution in [3.8, 4) is 11.1 Å². The number of benzene rings is 2. The summed E-state index contributed by atoms with van der Waals surface area (Å²) in [5.41, 5.74) is 7.48. The Morgan fingerprint density at radius 2 is 1.68 bits per heavy atom. The van der Waals surface area contributed by atoms with E-state index in [9.17, 15) is 0 Å². The van der Waals surface area contributed by atoms with Gasteiger partial charge in [0.2, 0.25) is 0 Å². The number of rotatable bonds is 5. The summed E-state index contributed by atoms with van der Waals surface area (Å²) in [5.74, 6) is 0.956. The Balaban J connectivity index is 1.64. The van der Waals surface area contributed by atoms with E-state index in [2.05, 4.69) is 36.5 Å². The fourth-order valence-corrected chi connectivity index (χ4v) is 3.54. The molecule has 4 rings (SSSR count). The van der Waals surface area contributed by atoms with Gasteiger partial charge in [0.15, 0.2) is 5.65 Å². The highest BCUT2D eigenvalue weighted by atomic mass is 35.5. The summed E-state index contributed by atoms with van der Waals surface area (Å²) < 4.78 is 1.90. The van der Waals surface area contributed by atoms with Gasteiger partial charge in [0.1, 0.15) is 5.82 Å². The molecule has 0 fully saturated rings. The largest absolute Gasteiger partial charge is 0.370 e. The van der Waals surface area contributed by atoms with Crippen molar-refractivity contribution in [1.82, 2.24) is 14.6 Å². The first-order valence-electron chi connectivity index (χ1n) is 9.43. The minimum absolute atomic E-state index is 0.723. The molecule has 0 atom stereocenters. The van der Waals surface area contributed by atoms with Gasteiger partial charge in [-0.15, -0.1) is 0 Å². The highest BCUT2D eigenvalue weighted by molar-refractivity contribution is 6.30. The molecule has 2 heterocycles. The quantitative estimate of drug-likeness (QED) is 0.480. The lowest BCUT2D eigenvalue weighted by Gasteiger charge is -2.10. The first-order chi connectivity index (χ1) is 13.5. The fourth-order valence-electron chi connectivity index (χ4n) is 3.41. The van der Waals surface area contributed by atoms with Crippen molar-refractivity contribution < 1.29 is 0 Å². The minimum Gasteiger partial charge on any atom is -0.370 e. The molecule has 28 heavy (non-hydrogen) atoms. The molecule has 0 bridgehead atoms. The van der Waals surface area contributed by atoms with Crippen LogP contribution in [0.5, 0.6) is 0 Å². The molecule has 1 N–H and O–H groups in total. The molecule has 0 saturated heterocycles. The average molecular weight is 391 g/mol. The van der Waals surface area contributed by atoms with Gasteiger partial charge in [-0.05, 0) is 50.5 Å². The average Bonchev–Trinajstić information content (AvgIpc) is 3.00. The molecule has 0 aliphatic heterocycles. The molecule has 4 aromatic rings. The molecule has 4 nitrogen and oxygen atoms in total. The Bertz CT molecular complexity index is 1110. The van der Waals surface area contributed by atoms with Gasteiger partial charge >= 0.3 is 0 Å². The summed E-state index contributed by atoms with van der Waals surface area (Å²) >= 11 is 6.05. The zero-order chi connectivity index (χ0) is 19.7. The third-order valence-electron chi connectivity index (χ3n) is 4.87. The van der Waals surface area contributed by atoms with E-state index in [0.717, 1.165) is 52.0 Å². The van der Waals surface area contributed by atoms with Crippen molar-refractivity contribution >= 4 is 23.1 Å². The van der Waals surface area contributed by atoms with E-state index in [1.807, 2.05) is 48.7 Å². The van der Waals surface area contributed by atoms with Crippen LogP contribution in [-0.4, -0.2) is 21.1 Å². The lowest BCUT2D eigenvalue weighted by Crippen LogP contribution is -2.10. The summed E-state index contributed by atoms with van der Waals surface area (Å²) in [6.07, 6.45) is 0.952. The number of aromatic nitrogens is 3. The van der Waals surface area contributed by atoms with Crippen LogP contribution in [0.3, 0.4) is 0 Å². The number of anilines is 1. The second kappa shape index (κ2) is 7.64. The van der Waals surface area contributed by atoms with Gasteiger partial charge in [-0.2, -0.15) is 9.61 Å². The van der Waals surface area contributed by atoms with Crippen LogP contribution in [-0.2, 0) is 6.42 Å². The van der Waals surface area contributed by atoms with Crippen LogP contribution in [0.1, 0.15) is 22.5 Å². The molecular weight excluding hydrogens is 368 g/mol. The molecule has 0 amide bonds. The fraction of sp³-hybridized carbons (Fsp3) is 0.217. The number of fused-ring (bicyclic) bond motifs is 1. The second-order valence-electron chi connectivity index (χ2n) is 7.15. The lowest BCUT2D eigenvalue weighted by atomic mass is 10.1. The molecule has 0 spiro atoms. The van der Waals surface area contributed by atoms with Gasteiger partial charge in [-0.25, -0.2) is 4.98 Å². The monoisotopic (exact) mass is 390 g/mol. The second-order valence-corrected chi connectivity index (χ2v) is 7.58. The Labute approximate surface area is 170 Å². The van der Waals surface area contributed by atoms with Gasteiger partial charge in [-0.3, -0.25) is 0 Å². The van der Waals surface area contributed by atoms with Gasteiger partial charge < -0.3 is 5.32 Å². The van der Waals surface area contributed by atoms with Gasteiger partial charge in [0.05, 0.1) is 5.69 Å². The first kappa shape index (κ1) is 18.5. The predicted octanol–water partition coefficient (Wildman–Crippen LogP) is 5.63. The summed E-state index contributed by atoms with van der Waals surface area (Å²) in [6.45, 7) is 6.97. The Morgan fingerprint density at radius 1 is 0.964 bits per heavy atom. The van der Waals surface area contributed by atoms with Crippen LogP contribution < -0.4 is 5.32 Å². The van der Waals surface area contributed by atoms with E-state index >= 15 is 0 Å². The normalized spacial score (nSPS) is 11.1. The molecule has 5 heteroatoms. The summed E-state index contributed by atoms with van der Waals surface area (Å²) in [5, 5.41) is 9.00. The number of nitrogens with zero attached hydrogens (tertiary/aromatic N) is 3. The molecule has 0 aliphatic rings. The highest BCUT2D eigenvalue weighted by Gasteiger charge is 2.16. The maximum Gasteiger partial charge on any atom is 0.165 e. The number of aryl methyl sites for hydroxylation is 3. The molecular formula is C23H23ClN4. The zero-order valence-corrected chi connectivity index (χ0v) is 17.1. The van der Waals surface area contributed by atoms with Gasteiger partial charge in [-0.1, -0.05) is 53.6 Å². The number of nitrogens with one attached hydrogen (secondary N) is 1. The van der Waals surface area contributed by atoms with Crippen LogP contribution in [0.4, 0.5) is 5.82 Å². The summed E-state index contributed by atoms with van der Waals surface area (Å²) in [6, 6.07) is 18.5. The van der Waals surface area contributed by atoms with Crippen LogP contribution in [0.2, 0.25) is 5.02 Å². The predicted molar refractivity (Wildman–Crippen MR) is 116 cm³/mol. The van der Waals surface area contributed by atoms with Crippen LogP contribution >= 0.6 is 11.6 Å². The Morgan fingerprint density at radius 3 is 2.39 bits per heavy atom. The highest BCUT2D eigenvalue weighted by Crippen LogP contribution is 2.30. The van der Waals surface area contributed by atoms with E-state index in [4.69, 9.17) is 21.7 Å². The van der Waals surface area contributed by atoms with E-state index in [0.29, 0.717) is 0 Å². The van der Waals surface area contributed by atoms with Crippen molar-refractivity contribution in [3.05, 3.63) is 82.1 Å². The van der Waals surface area contributed by atoms with Gasteiger partial charge in [0, 0.05) is 28.9 Å². The topological polar surface area (TPSA) is 42.2 Å². The van der Waals surface area contributed by atoms with E-state index < -0.39 is 0 Å². The summed E-state index contributed by atoms with van der Waals surface area (Å²) in [4.78, 5) is 4.76.